The molecule has 4 rings (SSSR count). The molecule has 2 heterocycles. The Bertz CT molecular complexity index is 1120. The Morgan fingerprint density at radius 2 is 2.00 bits per heavy atom. The number of aliphatic carboxylic acids is 1. The highest BCUT2D eigenvalue weighted by Crippen LogP contribution is 2.49. The van der Waals surface area contributed by atoms with E-state index in [1.54, 1.807) is 18.3 Å². The number of carboxylic acid groups (broad SMARTS) is 1. The number of hydrogen-bond donors (Lipinski definition) is 3. The fourth-order valence-corrected chi connectivity index (χ4v) is 4.63. The molecule has 0 bridgehead atoms. The summed E-state index contributed by atoms with van der Waals surface area (Å²) in [6.07, 6.45) is 7.19. The van der Waals surface area contributed by atoms with Crippen molar-refractivity contribution in [3.05, 3.63) is 49.6 Å². The van der Waals surface area contributed by atoms with Crippen LogP contribution in [0.15, 0.2) is 42.7 Å². The van der Waals surface area contributed by atoms with E-state index in [0.29, 0.717) is 36.5 Å². The minimum atomic E-state index is -0.821. The predicted octanol–water partition coefficient (Wildman–Crippen LogP) is 4.54. The van der Waals surface area contributed by atoms with Crippen LogP contribution < -0.4 is 10.6 Å². The molecular formula is C23H26N5O3. The number of hydrogen-bond acceptors (Lipinski definition) is 5. The van der Waals surface area contributed by atoms with E-state index in [0.717, 1.165) is 23.9 Å². The molecule has 1 amide bonds. The Balaban J connectivity index is 1.68. The van der Waals surface area contributed by atoms with Gasteiger partial charge in [-0.15, -0.1) is 0 Å². The topological polar surface area (TPSA) is 109 Å². The summed E-state index contributed by atoms with van der Waals surface area (Å²) in [5.74, 6) is -0.514. The third-order valence-electron chi connectivity index (χ3n) is 6.06. The number of nitrogens with one attached hydrogen (secondary N) is 2. The van der Waals surface area contributed by atoms with Crippen LogP contribution >= 0.6 is 0 Å². The molecule has 1 fully saturated rings. The fraction of sp³-hybridized carbons (Fsp3) is 0.348. The van der Waals surface area contributed by atoms with Crippen molar-refractivity contribution < 1.29 is 14.7 Å². The highest BCUT2D eigenvalue weighted by Gasteiger charge is 2.48. The lowest BCUT2D eigenvalue weighted by molar-refractivity contribution is -0.151. The van der Waals surface area contributed by atoms with Gasteiger partial charge in [-0.25, -0.2) is 4.98 Å². The van der Waals surface area contributed by atoms with E-state index in [4.69, 9.17) is 0 Å². The second-order valence-electron chi connectivity index (χ2n) is 8.06. The summed E-state index contributed by atoms with van der Waals surface area (Å²) in [6, 6.07) is 8.90. The van der Waals surface area contributed by atoms with Crippen LogP contribution in [0, 0.1) is 12.3 Å². The summed E-state index contributed by atoms with van der Waals surface area (Å²) < 4.78 is 1.95. The van der Waals surface area contributed by atoms with E-state index in [2.05, 4.69) is 27.5 Å². The lowest BCUT2D eigenvalue weighted by Gasteiger charge is -2.34. The summed E-state index contributed by atoms with van der Waals surface area (Å²) >= 11 is 0. The monoisotopic (exact) mass is 420 g/mol. The Morgan fingerprint density at radius 3 is 2.68 bits per heavy atom. The normalized spacial score (nSPS) is 16.2. The van der Waals surface area contributed by atoms with Crippen LogP contribution in [0.5, 0.6) is 0 Å². The second kappa shape index (κ2) is 8.37. The van der Waals surface area contributed by atoms with Crippen molar-refractivity contribution in [2.75, 3.05) is 10.6 Å². The second-order valence-corrected chi connectivity index (χ2v) is 8.06. The van der Waals surface area contributed by atoms with Crippen molar-refractivity contribution in [1.82, 2.24) is 14.5 Å². The van der Waals surface area contributed by atoms with Gasteiger partial charge in [-0.1, -0.05) is 25.8 Å². The van der Waals surface area contributed by atoms with Crippen LogP contribution in [0.3, 0.4) is 0 Å². The number of rotatable bonds is 7. The van der Waals surface area contributed by atoms with Gasteiger partial charge < -0.3 is 20.3 Å². The van der Waals surface area contributed by atoms with Crippen LogP contribution in [-0.4, -0.2) is 31.5 Å². The maximum absolute atomic E-state index is 12.3. The first-order valence-electron chi connectivity index (χ1n) is 10.4. The molecule has 8 heteroatoms. The third-order valence-corrected chi connectivity index (χ3v) is 6.06. The van der Waals surface area contributed by atoms with E-state index >= 15 is 0 Å². The lowest BCUT2D eigenvalue weighted by atomic mass is 9.77. The van der Waals surface area contributed by atoms with Crippen molar-refractivity contribution in [3.63, 3.8) is 0 Å². The van der Waals surface area contributed by atoms with Crippen LogP contribution in [0.2, 0.25) is 0 Å². The summed E-state index contributed by atoms with van der Waals surface area (Å²) in [7, 11) is 0. The Kier molecular flexibility index (Phi) is 5.63. The van der Waals surface area contributed by atoms with Crippen molar-refractivity contribution in [2.45, 2.75) is 45.1 Å². The zero-order chi connectivity index (χ0) is 22.0. The summed E-state index contributed by atoms with van der Waals surface area (Å²) in [4.78, 5) is 32.6. The summed E-state index contributed by atoms with van der Waals surface area (Å²) in [6.45, 7) is 5.52. The smallest absolute Gasteiger partial charge is 0.311 e. The molecule has 1 aliphatic rings. The molecule has 0 spiro atoms. The number of aromatic nitrogens is 3. The number of benzene rings is 1. The molecule has 0 saturated heterocycles. The number of amides is 1. The first-order valence-corrected chi connectivity index (χ1v) is 10.4. The van der Waals surface area contributed by atoms with Crippen molar-refractivity contribution in [3.8, 4) is 0 Å². The van der Waals surface area contributed by atoms with Gasteiger partial charge in [0.15, 0.2) is 0 Å². The first kappa shape index (κ1) is 20.8. The van der Waals surface area contributed by atoms with Crippen LogP contribution in [0.25, 0.3) is 11.0 Å². The third kappa shape index (κ3) is 3.97. The van der Waals surface area contributed by atoms with E-state index < -0.39 is 11.4 Å². The largest absolute Gasteiger partial charge is 0.481 e. The summed E-state index contributed by atoms with van der Waals surface area (Å²) in [5.41, 5.74) is 1.26. The van der Waals surface area contributed by atoms with Crippen molar-refractivity contribution in [2.24, 2.45) is 5.41 Å². The standard InChI is InChI=1S/C23H26N5O3/c1-3-19(23(21(30)31)10-4-5-11-23)28-12-9-16-14-24-22(27-20(16)28)26-18-8-6-7-17(13-18)25-15(2)29/h6-9,12-14,19H,1,3-5,10-11H2,2H3,(H,25,29)(H,30,31)(H,24,26,27). The van der Waals surface area contributed by atoms with E-state index in [1.165, 1.54) is 6.92 Å². The molecule has 0 aliphatic heterocycles. The molecule has 1 aliphatic carbocycles. The van der Waals surface area contributed by atoms with Gasteiger partial charge >= 0.3 is 5.97 Å². The zero-order valence-electron chi connectivity index (χ0n) is 17.5. The molecule has 31 heavy (non-hydrogen) atoms. The minimum absolute atomic E-state index is 0.147. The van der Waals surface area contributed by atoms with E-state index in [1.807, 2.05) is 29.0 Å². The highest BCUT2D eigenvalue weighted by atomic mass is 16.4. The molecule has 8 nitrogen and oxygen atoms in total. The van der Waals surface area contributed by atoms with Crippen LogP contribution in [0.1, 0.15) is 45.1 Å². The highest BCUT2D eigenvalue weighted by molar-refractivity contribution is 5.89. The molecule has 1 unspecified atom stereocenters. The molecule has 161 valence electrons. The van der Waals surface area contributed by atoms with Gasteiger partial charge in [0.1, 0.15) is 5.65 Å². The van der Waals surface area contributed by atoms with Gasteiger partial charge in [0, 0.05) is 36.1 Å². The first-order chi connectivity index (χ1) is 14.9. The molecule has 2 aromatic heterocycles. The molecule has 3 aromatic rings. The minimum Gasteiger partial charge on any atom is -0.481 e. The molecular weight excluding hydrogens is 394 g/mol. The number of carboxylic acids is 1. The number of carbonyl (C=O) groups excluding carboxylic acids is 1. The van der Waals surface area contributed by atoms with Crippen molar-refractivity contribution >= 4 is 40.2 Å². The number of fused-ring (bicyclic) bond motifs is 1. The van der Waals surface area contributed by atoms with Gasteiger partial charge in [0.2, 0.25) is 11.9 Å². The number of nitrogens with zero attached hydrogens (tertiary/aromatic N) is 3. The average molecular weight is 420 g/mol. The molecule has 3 N–H and O–H groups in total. The zero-order valence-corrected chi connectivity index (χ0v) is 17.5. The molecule has 1 radical (unpaired) electrons. The molecule has 1 saturated carbocycles. The average Bonchev–Trinajstić information content (AvgIpc) is 3.37. The quantitative estimate of drug-likeness (QED) is 0.518. The lowest BCUT2D eigenvalue weighted by Crippen LogP contribution is -2.37. The van der Waals surface area contributed by atoms with Gasteiger partial charge in [0.05, 0.1) is 11.5 Å². The van der Waals surface area contributed by atoms with Gasteiger partial charge in [0.25, 0.3) is 0 Å². The Labute approximate surface area is 180 Å². The molecule has 1 aromatic carbocycles. The van der Waals surface area contributed by atoms with Crippen LogP contribution in [-0.2, 0) is 9.59 Å². The Morgan fingerprint density at radius 1 is 1.26 bits per heavy atom. The maximum atomic E-state index is 12.3. The maximum Gasteiger partial charge on any atom is 0.311 e. The van der Waals surface area contributed by atoms with E-state index in [-0.39, 0.29) is 11.9 Å². The van der Waals surface area contributed by atoms with Gasteiger partial charge in [-0.3, -0.25) is 9.59 Å². The fourth-order valence-electron chi connectivity index (χ4n) is 4.63. The molecule has 1 atom stereocenters. The summed E-state index contributed by atoms with van der Waals surface area (Å²) in [5, 5.41) is 16.8. The predicted molar refractivity (Wildman–Crippen MR) is 119 cm³/mol. The van der Waals surface area contributed by atoms with Gasteiger partial charge in [-0.05, 0) is 43.5 Å². The number of carbonyl (C=O) groups is 2. The van der Waals surface area contributed by atoms with Crippen molar-refractivity contribution in [1.29, 1.82) is 0 Å². The van der Waals surface area contributed by atoms with E-state index in [9.17, 15) is 14.7 Å². The van der Waals surface area contributed by atoms with Gasteiger partial charge in [-0.2, -0.15) is 4.98 Å². The SMILES string of the molecule is [CH2]CC(n1ccc2cnc(Nc3cccc(NC(C)=O)c3)nc21)C1(C(=O)O)CCCC1. The Hall–Kier alpha value is -3.42. The van der Waals surface area contributed by atoms with Crippen LogP contribution in [0.4, 0.5) is 17.3 Å². The number of anilines is 3.